The summed E-state index contributed by atoms with van der Waals surface area (Å²) in [5, 5.41) is 8.88. The summed E-state index contributed by atoms with van der Waals surface area (Å²) in [7, 11) is 0. The van der Waals surface area contributed by atoms with E-state index in [1.165, 1.54) is 5.69 Å². The Morgan fingerprint density at radius 1 is 1.55 bits per heavy atom. The second-order valence-corrected chi connectivity index (χ2v) is 2.85. The van der Waals surface area contributed by atoms with Gasteiger partial charge in [-0.1, -0.05) is 13.3 Å². The molecule has 0 fully saturated rings. The minimum atomic E-state index is 0.145. The van der Waals surface area contributed by atoms with Crippen molar-refractivity contribution in [2.45, 2.75) is 33.3 Å². The van der Waals surface area contributed by atoms with E-state index in [1.54, 1.807) is 0 Å². The summed E-state index contributed by atoms with van der Waals surface area (Å²) in [6.07, 6.45) is 2.21. The lowest BCUT2D eigenvalue weighted by atomic mass is 10.2. The second kappa shape index (κ2) is 3.58. The van der Waals surface area contributed by atoms with E-state index in [1.807, 2.05) is 13.0 Å². The SMILES string of the molecule is CCCc1cc(CO)c(C)[nH]1. The molecule has 11 heavy (non-hydrogen) atoms. The Balaban J connectivity index is 2.77. The van der Waals surface area contributed by atoms with Gasteiger partial charge in [0.1, 0.15) is 0 Å². The molecule has 2 N–H and O–H groups in total. The Morgan fingerprint density at radius 3 is 2.73 bits per heavy atom. The third-order valence-electron chi connectivity index (χ3n) is 1.87. The number of aromatic nitrogens is 1. The number of aliphatic hydroxyl groups is 1. The Kier molecular flexibility index (Phi) is 2.71. The molecule has 1 heterocycles. The number of rotatable bonds is 3. The maximum atomic E-state index is 8.88. The van der Waals surface area contributed by atoms with Gasteiger partial charge in [-0.15, -0.1) is 0 Å². The van der Waals surface area contributed by atoms with Crippen LogP contribution in [0.4, 0.5) is 0 Å². The van der Waals surface area contributed by atoms with Crippen molar-refractivity contribution in [3.8, 4) is 0 Å². The molecule has 0 amide bonds. The minimum absolute atomic E-state index is 0.145. The highest BCUT2D eigenvalue weighted by Gasteiger charge is 2.01. The van der Waals surface area contributed by atoms with E-state index in [9.17, 15) is 0 Å². The summed E-state index contributed by atoms with van der Waals surface area (Å²) in [6, 6.07) is 2.04. The Morgan fingerprint density at radius 2 is 2.27 bits per heavy atom. The van der Waals surface area contributed by atoms with Gasteiger partial charge in [0.05, 0.1) is 6.61 Å². The zero-order valence-corrected chi connectivity index (χ0v) is 7.15. The van der Waals surface area contributed by atoms with E-state index in [0.717, 1.165) is 24.1 Å². The molecule has 0 unspecified atom stereocenters. The van der Waals surface area contributed by atoms with Crippen molar-refractivity contribution in [2.24, 2.45) is 0 Å². The largest absolute Gasteiger partial charge is 0.392 e. The van der Waals surface area contributed by atoms with Crippen LogP contribution in [0.15, 0.2) is 6.07 Å². The molecule has 0 aliphatic carbocycles. The summed E-state index contributed by atoms with van der Waals surface area (Å²) < 4.78 is 0. The molecule has 0 radical (unpaired) electrons. The van der Waals surface area contributed by atoms with Gasteiger partial charge in [-0.3, -0.25) is 0 Å². The number of nitrogens with one attached hydrogen (secondary N) is 1. The van der Waals surface area contributed by atoms with Crippen LogP contribution in [-0.4, -0.2) is 10.1 Å². The molecule has 0 aliphatic heterocycles. The summed E-state index contributed by atoms with van der Waals surface area (Å²) in [5.41, 5.74) is 3.35. The van der Waals surface area contributed by atoms with Crippen molar-refractivity contribution in [1.82, 2.24) is 4.98 Å². The van der Waals surface area contributed by atoms with Gasteiger partial charge in [-0.2, -0.15) is 0 Å². The van der Waals surface area contributed by atoms with Crippen LogP contribution < -0.4 is 0 Å². The zero-order chi connectivity index (χ0) is 8.27. The molecule has 1 aromatic rings. The normalized spacial score (nSPS) is 10.5. The van der Waals surface area contributed by atoms with Crippen LogP contribution in [-0.2, 0) is 13.0 Å². The maximum Gasteiger partial charge on any atom is 0.0699 e. The van der Waals surface area contributed by atoms with Crippen LogP contribution in [0.3, 0.4) is 0 Å². The predicted octanol–water partition coefficient (Wildman–Crippen LogP) is 1.77. The third-order valence-corrected chi connectivity index (χ3v) is 1.87. The summed E-state index contributed by atoms with van der Waals surface area (Å²) in [6.45, 7) is 4.28. The van der Waals surface area contributed by atoms with E-state index in [4.69, 9.17) is 5.11 Å². The molecule has 0 aliphatic rings. The highest BCUT2D eigenvalue weighted by atomic mass is 16.3. The van der Waals surface area contributed by atoms with Crippen LogP contribution in [0.2, 0.25) is 0 Å². The van der Waals surface area contributed by atoms with Gasteiger partial charge in [0.2, 0.25) is 0 Å². The maximum absolute atomic E-state index is 8.88. The monoisotopic (exact) mass is 153 g/mol. The van der Waals surface area contributed by atoms with Crippen LogP contribution in [0, 0.1) is 6.92 Å². The first-order chi connectivity index (χ1) is 5.27. The van der Waals surface area contributed by atoms with E-state index in [-0.39, 0.29) is 6.61 Å². The molecule has 0 saturated carbocycles. The smallest absolute Gasteiger partial charge is 0.0699 e. The molecule has 1 aromatic heterocycles. The van der Waals surface area contributed by atoms with Crippen LogP contribution in [0.25, 0.3) is 0 Å². The van der Waals surface area contributed by atoms with Crippen molar-refractivity contribution in [1.29, 1.82) is 0 Å². The van der Waals surface area contributed by atoms with Crippen LogP contribution >= 0.6 is 0 Å². The van der Waals surface area contributed by atoms with Crippen molar-refractivity contribution in [2.75, 3.05) is 0 Å². The molecule has 0 aromatic carbocycles. The van der Waals surface area contributed by atoms with Crippen LogP contribution in [0.5, 0.6) is 0 Å². The first kappa shape index (κ1) is 8.34. The summed E-state index contributed by atoms with van der Waals surface area (Å²) >= 11 is 0. The zero-order valence-electron chi connectivity index (χ0n) is 7.15. The Bertz CT molecular complexity index is 227. The van der Waals surface area contributed by atoms with Gasteiger partial charge in [0.25, 0.3) is 0 Å². The highest BCUT2D eigenvalue weighted by Crippen LogP contribution is 2.10. The molecule has 62 valence electrons. The fourth-order valence-electron chi connectivity index (χ4n) is 1.24. The number of aliphatic hydroxyl groups excluding tert-OH is 1. The van der Waals surface area contributed by atoms with Gasteiger partial charge in [0.15, 0.2) is 0 Å². The lowest BCUT2D eigenvalue weighted by Gasteiger charge is -1.89. The topological polar surface area (TPSA) is 36.0 Å². The minimum Gasteiger partial charge on any atom is -0.392 e. The fourth-order valence-corrected chi connectivity index (χ4v) is 1.24. The third kappa shape index (κ3) is 1.84. The van der Waals surface area contributed by atoms with E-state index in [0.29, 0.717) is 0 Å². The molecule has 0 bridgehead atoms. The lowest BCUT2D eigenvalue weighted by molar-refractivity contribution is 0.281. The van der Waals surface area contributed by atoms with Crippen molar-refractivity contribution < 1.29 is 5.11 Å². The highest BCUT2D eigenvalue weighted by molar-refractivity contribution is 5.24. The standard InChI is InChI=1S/C9H15NO/c1-3-4-9-5-8(6-11)7(2)10-9/h5,10-11H,3-4,6H2,1-2H3. The van der Waals surface area contributed by atoms with Crippen LogP contribution in [0.1, 0.15) is 30.3 Å². The number of aromatic amines is 1. The lowest BCUT2D eigenvalue weighted by Crippen LogP contribution is -1.82. The van der Waals surface area contributed by atoms with E-state index >= 15 is 0 Å². The molecular weight excluding hydrogens is 138 g/mol. The molecule has 2 heteroatoms. The summed E-state index contributed by atoms with van der Waals surface area (Å²) in [5.74, 6) is 0. The van der Waals surface area contributed by atoms with Gasteiger partial charge < -0.3 is 10.1 Å². The Labute approximate surface area is 67.3 Å². The number of hydrogen-bond acceptors (Lipinski definition) is 1. The van der Waals surface area contributed by atoms with E-state index < -0.39 is 0 Å². The van der Waals surface area contributed by atoms with Gasteiger partial charge in [-0.05, 0) is 25.0 Å². The number of aryl methyl sites for hydroxylation is 2. The average molecular weight is 153 g/mol. The molecular formula is C9H15NO. The van der Waals surface area contributed by atoms with Gasteiger partial charge >= 0.3 is 0 Å². The fraction of sp³-hybridized carbons (Fsp3) is 0.556. The number of hydrogen-bond donors (Lipinski definition) is 2. The molecule has 0 atom stereocenters. The molecule has 2 nitrogen and oxygen atoms in total. The first-order valence-corrected chi connectivity index (χ1v) is 4.06. The first-order valence-electron chi connectivity index (χ1n) is 4.06. The van der Waals surface area contributed by atoms with E-state index in [2.05, 4.69) is 11.9 Å². The quantitative estimate of drug-likeness (QED) is 0.682. The Hall–Kier alpha value is -0.760. The summed E-state index contributed by atoms with van der Waals surface area (Å²) in [4.78, 5) is 3.24. The molecule has 0 spiro atoms. The molecule has 1 rings (SSSR count). The predicted molar refractivity (Wildman–Crippen MR) is 45.4 cm³/mol. The average Bonchev–Trinajstić information content (AvgIpc) is 2.32. The van der Waals surface area contributed by atoms with Gasteiger partial charge in [-0.25, -0.2) is 0 Å². The van der Waals surface area contributed by atoms with Gasteiger partial charge in [0, 0.05) is 11.4 Å². The van der Waals surface area contributed by atoms with Crippen molar-refractivity contribution in [3.05, 3.63) is 23.0 Å². The van der Waals surface area contributed by atoms with Crippen molar-refractivity contribution in [3.63, 3.8) is 0 Å². The van der Waals surface area contributed by atoms with Crippen molar-refractivity contribution >= 4 is 0 Å². The molecule has 0 saturated heterocycles. The second-order valence-electron chi connectivity index (χ2n) is 2.85. The number of H-pyrrole nitrogens is 1.